The summed E-state index contributed by atoms with van der Waals surface area (Å²) in [5.41, 5.74) is 8.28. The molecule has 1 unspecified atom stereocenters. The highest BCUT2D eigenvalue weighted by atomic mass is 35.5. The maximum atomic E-state index is 12.3. The minimum atomic E-state index is -0.212. The minimum absolute atomic E-state index is 0.142. The zero-order chi connectivity index (χ0) is 25.2. The quantitative estimate of drug-likeness (QED) is 0.398. The van der Waals surface area contributed by atoms with Crippen LogP contribution in [0.1, 0.15) is 65.9 Å². The predicted octanol–water partition coefficient (Wildman–Crippen LogP) is 6.49. The van der Waals surface area contributed by atoms with Crippen LogP contribution in [0.4, 0.5) is 4.79 Å². The topological polar surface area (TPSA) is 60.2 Å². The Morgan fingerprint density at radius 2 is 1.97 bits per heavy atom. The molecule has 1 aliphatic carbocycles. The van der Waals surface area contributed by atoms with E-state index in [1.165, 1.54) is 22.4 Å². The second-order valence-corrected chi connectivity index (χ2v) is 10.2. The Morgan fingerprint density at radius 3 is 2.69 bits per heavy atom. The molecule has 0 bridgehead atoms. The van der Waals surface area contributed by atoms with E-state index in [0.29, 0.717) is 25.6 Å². The van der Waals surface area contributed by atoms with Crippen molar-refractivity contribution < 1.29 is 9.53 Å². The lowest BCUT2D eigenvalue weighted by Crippen LogP contribution is -2.40. The van der Waals surface area contributed by atoms with Gasteiger partial charge in [0.25, 0.3) is 0 Å². The second-order valence-electron chi connectivity index (χ2n) is 9.74. The molecular weight excluding hydrogens is 472 g/mol. The van der Waals surface area contributed by atoms with Crippen LogP contribution in [0.5, 0.6) is 0 Å². The molecule has 1 fully saturated rings. The highest BCUT2D eigenvalue weighted by molar-refractivity contribution is 6.30. The monoisotopic (exact) mass is 504 g/mol. The molecule has 0 N–H and O–H groups in total. The fraction of sp³-hybridized carbons (Fsp3) is 0.414. The van der Waals surface area contributed by atoms with Gasteiger partial charge in [-0.2, -0.15) is 0 Å². The fourth-order valence-electron chi connectivity index (χ4n) is 5.63. The number of aryl methyl sites for hydroxylation is 2. The Kier molecular flexibility index (Phi) is 7.15. The summed E-state index contributed by atoms with van der Waals surface area (Å²) in [7, 11) is 0. The van der Waals surface area contributed by atoms with Gasteiger partial charge >= 0.3 is 6.09 Å². The first-order valence-corrected chi connectivity index (χ1v) is 13.2. The SMILES string of the molecule is CCOC(=O)N1CCC(C2c3ccc(Cl)cc3C(CCn3cnc(C)c3C)=Cc3cccnc32)CC1. The number of amides is 1. The third-order valence-electron chi connectivity index (χ3n) is 7.70. The zero-order valence-electron chi connectivity index (χ0n) is 21.2. The van der Waals surface area contributed by atoms with Gasteiger partial charge in [-0.05, 0) is 92.5 Å². The smallest absolute Gasteiger partial charge is 0.409 e. The molecule has 1 aliphatic heterocycles. The summed E-state index contributed by atoms with van der Waals surface area (Å²) < 4.78 is 7.46. The van der Waals surface area contributed by atoms with Crippen LogP contribution in [0.25, 0.3) is 11.6 Å². The van der Waals surface area contributed by atoms with Gasteiger partial charge in [-0.1, -0.05) is 23.7 Å². The molecule has 1 atom stereocenters. The molecule has 1 amide bonds. The second kappa shape index (κ2) is 10.5. The van der Waals surface area contributed by atoms with Crippen LogP contribution in [0.3, 0.4) is 0 Å². The van der Waals surface area contributed by atoms with Crippen molar-refractivity contribution in [3.05, 3.63) is 81.7 Å². The normalized spacial score (nSPS) is 17.7. The number of piperidine rings is 1. The van der Waals surface area contributed by atoms with E-state index < -0.39 is 0 Å². The van der Waals surface area contributed by atoms with Crippen molar-refractivity contribution in [2.75, 3.05) is 19.7 Å². The summed E-state index contributed by atoms with van der Waals surface area (Å²) in [5, 5.41) is 0.740. The average Bonchev–Trinajstić information content (AvgIpc) is 3.13. The van der Waals surface area contributed by atoms with Crippen molar-refractivity contribution in [1.82, 2.24) is 19.4 Å². The first-order chi connectivity index (χ1) is 17.5. The summed E-state index contributed by atoms with van der Waals surface area (Å²) in [6.45, 7) is 8.66. The predicted molar refractivity (Wildman–Crippen MR) is 143 cm³/mol. The van der Waals surface area contributed by atoms with E-state index in [-0.39, 0.29) is 12.0 Å². The summed E-state index contributed by atoms with van der Waals surface area (Å²) in [6, 6.07) is 10.5. The number of carbonyl (C=O) groups excluding carboxylic acids is 1. The molecule has 5 rings (SSSR count). The summed E-state index contributed by atoms with van der Waals surface area (Å²) >= 11 is 6.55. The number of pyridine rings is 1. The third kappa shape index (κ3) is 4.79. The summed E-state index contributed by atoms with van der Waals surface area (Å²) in [4.78, 5) is 23.5. The van der Waals surface area contributed by atoms with Crippen LogP contribution in [0, 0.1) is 19.8 Å². The number of rotatable bonds is 5. The number of fused-ring (bicyclic) bond motifs is 2. The van der Waals surface area contributed by atoms with Crippen LogP contribution in [0.2, 0.25) is 5.02 Å². The minimum Gasteiger partial charge on any atom is -0.450 e. The van der Waals surface area contributed by atoms with Crippen molar-refractivity contribution in [2.24, 2.45) is 5.92 Å². The fourth-order valence-corrected chi connectivity index (χ4v) is 5.80. The van der Waals surface area contributed by atoms with Crippen molar-refractivity contribution in [3.8, 4) is 0 Å². The van der Waals surface area contributed by atoms with Gasteiger partial charge in [0, 0.05) is 42.5 Å². The van der Waals surface area contributed by atoms with Gasteiger partial charge in [-0.25, -0.2) is 9.78 Å². The van der Waals surface area contributed by atoms with Gasteiger partial charge in [-0.15, -0.1) is 0 Å². The number of nitrogens with zero attached hydrogens (tertiary/aromatic N) is 4. The van der Waals surface area contributed by atoms with E-state index in [2.05, 4.69) is 40.7 Å². The zero-order valence-corrected chi connectivity index (χ0v) is 22.0. The Balaban J connectivity index is 1.50. The molecule has 36 heavy (non-hydrogen) atoms. The maximum absolute atomic E-state index is 12.3. The molecule has 0 saturated carbocycles. The number of ether oxygens (including phenoxy) is 1. The lowest BCUT2D eigenvalue weighted by atomic mass is 9.76. The maximum Gasteiger partial charge on any atom is 0.409 e. The van der Waals surface area contributed by atoms with Gasteiger partial charge in [0.1, 0.15) is 0 Å². The van der Waals surface area contributed by atoms with E-state index in [1.54, 1.807) is 0 Å². The van der Waals surface area contributed by atoms with Crippen molar-refractivity contribution >= 4 is 29.3 Å². The number of hydrogen-bond acceptors (Lipinski definition) is 4. The number of likely N-dealkylation sites (tertiary alicyclic amines) is 1. The molecule has 3 heterocycles. The average molecular weight is 505 g/mol. The largest absolute Gasteiger partial charge is 0.450 e. The highest BCUT2D eigenvalue weighted by Gasteiger charge is 2.35. The Morgan fingerprint density at radius 1 is 1.17 bits per heavy atom. The molecule has 0 spiro atoms. The van der Waals surface area contributed by atoms with Crippen LogP contribution in [0.15, 0.2) is 42.9 Å². The van der Waals surface area contributed by atoms with E-state index in [9.17, 15) is 4.79 Å². The van der Waals surface area contributed by atoms with Crippen LogP contribution >= 0.6 is 11.6 Å². The Hall–Kier alpha value is -3.12. The molecule has 7 heteroatoms. The molecule has 188 valence electrons. The first-order valence-electron chi connectivity index (χ1n) is 12.8. The Bertz CT molecular complexity index is 1290. The van der Waals surface area contributed by atoms with Crippen molar-refractivity contribution in [3.63, 3.8) is 0 Å². The number of halogens is 1. The van der Waals surface area contributed by atoms with E-state index in [1.807, 2.05) is 43.4 Å². The standard InChI is InChI=1S/C29H33ClN4O2/c1-4-36-29(35)33-13-9-21(10-14-33)27-25-8-7-24(30)17-26(25)22(16-23-6-5-12-31-28(23)27)11-15-34-18-32-19(2)20(34)3/h5-8,12,16-18,21,27H,4,9-11,13-15H2,1-3H3. The molecule has 1 aromatic carbocycles. The van der Waals surface area contributed by atoms with E-state index >= 15 is 0 Å². The van der Waals surface area contributed by atoms with Gasteiger partial charge in [0.2, 0.25) is 0 Å². The molecule has 3 aromatic rings. The van der Waals surface area contributed by atoms with Crippen LogP contribution in [-0.4, -0.2) is 45.2 Å². The Labute approximate surface area is 218 Å². The van der Waals surface area contributed by atoms with Gasteiger partial charge < -0.3 is 14.2 Å². The molecule has 0 radical (unpaired) electrons. The van der Waals surface area contributed by atoms with E-state index in [0.717, 1.165) is 47.8 Å². The van der Waals surface area contributed by atoms with Gasteiger partial charge in [0.05, 0.1) is 24.3 Å². The van der Waals surface area contributed by atoms with Crippen molar-refractivity contribution in [2.45, 2.75) is 52.5 Å². The number of benzene rings is 1. The molecule has 2 aliphatic rings. The number of hydrogen-bond donors (Lipinski definition) is 0. The third-order valence-corrected chi connectivity index (χ3v) is 7.93. The van der Waals surface area contributed by atoms with Gasteiger partial charge in [-0.3, -0.25) is 4.98 Å². The molecule has 2 aromatic heterocycles. The van der Waals surface area contributed by atoms with Gasteiger partial charge in [0.15, 0.2) is 0 Å². The molecular formula is C29H33ClN4O2. The molecule has 1 saturated heterocycles. The first kappa shape index (κ1) is 24.6. The highest BCUT2D eigenvalue weighted by Crippen LogP contribution is 2.45. The van der Waals surface area contributed by atoms with Crippen LogP contribution in [-0.2, 0) is 11.3 Å². The number of allylic oxidation sites excluding steroid dienone is 1. The number of aromatic nitrogens is 3. The van der Waals surface area contributed by atoms with Crippen LogP contribution < -0.4 is 0 Å². The summed E-state index contributed by atoms with van der Waals surface area (Å²) in [5.74, 6) is 0.513. The number of carbonyl (C=O) groups is 1. The van der Waals surface area contributed by atoms with Crippen molar-refractivity contribution in [1.29, 1.82) is 0 Å². The lowest BCUT2D eigenvalue weighted by Gasteiger charge is -2.36. The summed E-state index contributed by atoms with van der Waals surface area (Å²) in [6.07, 6.45) is 8.59. The van der Waals surface area contributed by atoms with E-state index in [4.69, 9.17) is 21.3 Å². The lowest BCUT2D eigenvalue weighted by molar-refractivity contribution is 0.0900. The molecule has 6 nitrogen and oxygen atoms in total. The number of imidazole rings is 1.